The lowest BCUT2D eigenvalue weighted by atomic mass is 10.0. The highest BCUT2D eigenvalue weighted by atomic mass is 32.1. The van der Waals surface area contributed by atoms with E-state index in [1.165, 1.54) is 11.3 Å². The van der Waals surface area contributed by atoms with E-state index in [-0.39, 0.29) is 5.91 Å². The second kappa shape index (κ2) is 9.31. The summed E-state index contributed by atoms with van der Waals surface area (Å²) in [5.41, 5.74) is 5.12. The van der Waals surface area contributed by atoms with Crippen LogP contribution in [0.2, 0.25) is 0 Å². The number of hydrogen-bond donors (Lipinski definition) is 3. The number of aromatic amines is 1. The Kier molecular flexibility index (Phi) is 6.09. The van der Waals surface area contributed by atoms with E-state index in [9.17, 15) is 9.90 Å². The summed E-state index contributed by atoms with van der Waals surface area (Å²) in [5, 5.41) is 24.6. The topological polar surface area (TPSA) is 81.2 Å². The Morgan fingerprint density at radius 3 is 2.79 bits per heavy atom. The van der Waals surface area contributed by atoms with Crippen molar-refractivity contribution in [2.75, 3.05) is 18.4 Å². The van der Waals surface area contributed by atoms with E-state index in [0.717, 1.165) is 59.2 Å². The summed E-state index contributed by atoms with van der Waals surface area (Å²) in [6.45, 7) is 3.65. The van der Waals surface area contributed by atoms with E-state index in [2.05, 4.69) is 20.4 Å². The number of carbonyl (C=O) groups is 1. The highest BCUT2D eigenvalue weighted by molar-refractivity contribution is 7.12. The van der Waals surface area contributed by atoms with Gasteiger partial charge in [-0.2, -0.15) is 5.10 Å². The molecule has 0 unspecified atom stereocenters. The van der Waals surface area contributed by atoms with Crippen LogP contribution < -0.4 is 5.32 Å². The molecule has 6 nitrogen and oxygen atoms in total. The number of benzene rings is 2. The lowest BCUT2D eigenvalue weighted by Gasteiger charge is -2.24. The number of para-hydroxylation sites is 1. The van der Waals surface area contributed by atoms with Gasteiger partial charge < -0.3 is 10.4 Å². The van der Waals surface area contributed by atoms with E-state index in [1.54, 1.807) is 0 Å². The number of nitrogens with one attached hydrogen (secondary N) is 2. The SMILES string of the molecule is Cc1ccsc1C(=O)Nc1ccc(/C=C/c2n[nH]c3ccccc23)c([C@@H](O)N2CCCC2)c1. The number of carbonyl (C=O) groups excluding carboxylic acids is 1. The average Bonchev–Trinajstić information content (AvgIpc) is 3.59. The second-order valence-corrected chi connectivity index (χ2v) is 9.25. The van der Waals surface area contributed by atoms with Crippen LogP contribution in [0.15, 0.2) is 53.9 Å². The number of aromatic nitrogens is 2. The molecule has 0 spiro atoms. The van der Waals surface area contributed by atoms with Gasteiger partial charge in [0.2, 0.25) is 0 Å². The van der Waals surface area contributed by atoms with Gasteiger partial charge in [-0.25, -0.2) is 0 Å². The van der Waals surface area contributed by atoms with Crippen LogP contribution in [0.1, 0.15) is 51.1 Å². The normalized spacial score (nSPS) is 15.5. The highest BCUT2D eigenvalue weighted by Crippen LogP contribution is 2.30. The number of rotatable bonds is 6. The van der Waals surface area contributed by atoms with Gasteiger partial charge in [-0.15, -0.1) is 11.3 Å². The Bertz CT molecular complexity index is 1320. The number of likely N-dealkylation sites (tertiary alicyclic amines) is 1. The predicted molar refractivity (Wildman–Crippen MR) is 134 cm³/mol. The Labute approximate surface area is 196 Å². The van der Waals surface area contributed by atoms with Crippen LogP contribution in [0.25, 0.3) is 23.1 Å². The fourth-order valence-corrected chi connectivity index (χ4v) is 5.10. The number of amides is 1. The lowest BCUT2D eigenvalue weighted by molar-refractivity contribution is 0.0189. The number of hydrogen-bond acceptors (Lipinski definition) is 5. The fourth-order valence-electron chi connectivity index (χ4n) is 4.28. The molecular weight excluding hydrogens is 432 g/mol. The van der Waals surface area contributed by atoms with Crippen molar-refractivity contribution in [3.05, 3.63) is 81.2 Å². The van der Waals surface area contributed by atoms with Crippen molar-refractivity contribution in [1.82, 2.24) is 15.1 Å². The molecule has 168 valence electrons. The Balaban J connectivity index is 1.47. The van der Waals surface area contributed by atoms with Gasteiger partial charge in [0.25, 0.3) is 5.91 Å². The minimum atomic E-state index is -0.733. The molecule has 3 N–H and O–H groups in total. The van der Waals surface area contributed by atoms with Crippen LogP contribution >= 0.6 is 11.3 Å². The first-order valence-corrected chi connectivity index (χ1v) is 12.0. The number of aliphatic hydroxyl groups is 1. The van der Waals surface area contributed by atoms with Crippen molar-refractivity contribution >= 4 is 46.0 Å². The number of aliphatic hydroxyl groups excluding tert-OH is 1. The first-order valence-electron chi connectivity index (χ1n) is 11.1. The van der Waals surface area contributed by atoms with Crippen molar-refractivity contribution in [2.24, 2.45) is 0 Å². The van der Waals surface area contributed by atoms with Crippen LogP contribution in [-0.2, 0) is 0 Å². The quantitative estimate of drug-likeness (QED) is 0.359. The van der Waals surface area contributed by atoms with Crippen molar-refractivity contribution in [2.45, 2.75) is 26.0 Å². The molecule has 0 bridgehead atoms. The molecular formula is C26H26N4O2S. The van der Waals surface area contributed by atoms with Gasteiger partial charge in [0.1, 0.15) is 6.23 Å². The molecule has 0 saturated carbocycles. The zero-order valence-electron chi connectivity index (χ0n) is 18.4. The Morgan fingerprint density at radius 1 is 1.18 bits per heavy atom. The summed E-state index contributed by atoms with van der Waals surface area (Å²) in [4.78, 5) is 15.5. The van der Waals surface area contributed by atoms with Gasteiger partial charge in [0, 0.05) is 29.7 Å². The van der Waals surface area contributed by atoms with Crippen molar-refractivity contribution in [3.63, 3.8) is 0 Å². The zero-order valence-corrected chi connectivity index (χ0v) is 19.2. The first-order chi connectivity index (χ1) is 16.1. The number of H-pyrrole nitrogens is 1. The molecule has 0 aliphatic carbocycles. The van der Waals surface area contributed by atoms with Gasteiger partial charge >= 0.3 is 0 Å². The number of fused-ring (bicyclic) bond motifs is 1. The predicted octanol–water partition coefficient (Wildman–Crippen LogP) is 5.44. The van der Waals surface area contributed by atoms with E-state index in [4.69, 9.17) is 0 Å². The molecule has 4 aromatic rings. The summed E-state index contributed by atoms with van der Waals surface area (Å²) in [7, 11) is 0. The maximum absolute atomic E-state index is 12.7. The lowest BCUT2D eigenvalue weighted by Crippen LogP contribution is -2.26. The number of aryl methyl sites for hydroxylation is 1. The molecule has 1 atom stereocenters. The molecule has 1 saturated heterocycles. The fraction of sp³-hybridized carbons (Fsp3) is 0.231. The van der Waals surface area contributed by atoms with Gasteiger partial charge in [0.15, 0.2) is 0 Å². The summed E-state index contributed by atoms with van der Waals surface area (Å²) in [6.07, 6.45) is 5.36. The second-order valence-electron chi connectivity index (χ2n) is 8.34. The van der Waals surface area contributed by atoms with Gasteiger partial charge in [-0.05, 0) is 66.6 Å². The molecule has 1 aliphatic rings. The molecule has 3 heterocycles. The maximum Gasteiger partial charge on any atom is 0.265 e. The average molecular weight is 459 g/mol. The van der Waals surface area contributed by atoms with Crippen LogP contribution in [-0.4, -0.2) is 39.2 Å². The van der Waals surface area contributed by atoms with Gasteiger partial charge in [0.05, 0.1) is 16.1 Å². The molecule has 33 heavy (non-hydrogen) atoms. The molecule has 5 rings (SSSR count). The number of anilines is 1. The summed E-state index contributed by atoms with van der Waals surface area (Å²) >= 11 is 1.43. The van der Waals surface area contributed by atoms with E-state index < -0.39 is 6.23 Å². The molecule has 1 aliphatic heterocycles. The Morgan fingerprint density at radius 2 is 2.00 bits per heavy atom. The number of thiophene rings is 1. The van der Waals surface area contributed by atoms with Crippen LogP contribution in [0, 0.1) is 6.92 Å². The molecule has 2 aromatic heterocycles. The molecule has 2 aromatic carbocycles. The zero-order chi connectivity index (χ0) is 22.8. The third-order valence-corrected chi connectivity index (χ3v) is 7.11. The first kappa shape index (κ1) is 21.6. The molecule has 7 heteroatoms. The minimum absolute atomic E-state index is 0.129. The van der Waals surface area contributed by atoms with Crippen LogP contribution in [0.4, 0.5) is 5.69 Å². The summed E-state index contributed by atoms with van der Waals surface area (Å²) in [6, 6.07) is 15.6. The maximum atomic E-state index is 12.7. The molecule has 1 fully saturated rings. The third-order valence-electron chi connectivity index (χ3n) is 6.10. The van der Waals surface area contributed by atoms with Gasteiger partial charge in [-0.1, -0.05) is 30.3 Å². The van der Waals surface area contributed by atoms with Crippen molar-refractivity contribution < 1.29 is 9.90 Å². The van der Waals surface area contributed by atoms with E-state index in [0.29, 0.717) is 10.6 Å². The van der Waals surface area contributed by atoms with Crippen LogP contribution in [0.3, 0.4) is 0 Å². The number of nitrogens with zero attached hydrogens (tertiary/aromatic N) is 2. The molecule has 1 amide bonds. The highest BCUT2D eigenvalue weighted by Gasteiger charge is 2.23. The standard InChI is InChI=1S/C26H26N4O2S/c1-17-12-15-33-24(17)25(31)27-19-10-8-18(21(16-19)26(32)30-13-4-5-14-30)9-11-23-20-6-2-3-7-22(20)28-29-23/h2-3,6-12,15-16,26,32H,4-5,13-14H2,1H3,(H,27,31)(H,28,29)/b11-9+/t26-/m1/s1. The molecule has 0 radical (unpaired) electrons. The van der Waals surface area contributed by atoms with Crippen LogP contribution in [0.5, 0.6) is 0 Å². The van der Waals surface area contributed by atoms with E-state index >= 15 is 0 Å². The van der Waals surface area contributed by atoms with Crippen molar-refractivity contribution in [3.8, 4) is 0 Å². The van der Waals surface area contributed by atoms with Crippen molar-refractivity contribution in [1.29, 1.82) is 0 Å². The smallest absolute Gasteiger partial charge is 0.265 e. The van der Waals surface area contributed by atoms with Gasteiger partial charge in [-0.3, -0.25) is 14.8 Å². The summed E-state index contributed by atoms with van der Waals surface area (Å²) in [5.74, 6) is -0.129. The van der Waals surface area contributed by atoms with E-state index in [1.807, 2.05) is 73.0 Å². The summed E-state index contributed by atoms with van der Waals surface area (Å²) < 4.78 is 0. The monoisotopic (exact) mass is 458 g/mol. The Hall–Kier alpha value is -3.26. The largest absolute Gasteiger partial charge is 0.374 e. The third kappa shape index (κ3) is 4.48. The minimum Gasteiger partial charge on any atom is -0.374 e.